The zero-order valence-electron chi connectivity index (χ0n) is 5.95. The van der Waals surface area contributed by atoms with E-state index in [4.69, 9.17) is 5.73 Å². The Balaban J connectivity index is 2.59. The van der Waals surface area contributed by atoms with E-state index in [1.807, 2.05) is 17.0 Å². The van der Waals surface area contributed by atoms with Crippen LogP contribution in [0.1, 0.15) is 0 Å². The highest BCUT2D eigenvalue weighted by atomic mass is 32.2. The van der Waals surface area contributed by atoms with Gasteiger partial charge in [-0.1, -0.05) is 0 Å². The lowest BCUT2D eigenvalue weighted by molar-refractivity contribution is 0.706. The van der Waals surface area contributed by atoms with Gasteiger partial charge in [0.1, 0.15) is 5.03 Å². The summed E-state index contributed by atoms with van der Waals surface area (Å²) in [6.45, 7) is 1.53. The summed E-state index contributed by atoms with van der Waals surface area (Å²) in [4.78, 5) is 4.12. The summed E-state index contributed by atoms with van der Waals surface area (Å²) >= 11 is 1.64. The van der Waals surface area contributed by atoms with Gasteiger partial charge in [-0.25, -0.2) is 4.98 Å². The van der Waals surface area contributed by atoms with Crippen molar-refractivity contribution in [2.24, 2.45) is 5.73 Å². The van der Waals surface area contributed by atoms with Crippen LogP contribution in [0.15, 0.2) is 17.6 Å². The predicted octanol–water partition coefficient (Wildman–Crippen LogP) is 0.564. The molecule has 1 rings (SSSR count). The topological polar surface area (TPSA) is 43.8 Å². The van der Waals surface area contributed by atoms with Crippen LogP contribution in [0.25, 0.3) is 0 Å². The minimum atomic E-state index is 0.671. The van der Waals surface area contributed by atoms with Crippen molar-refractivity contribution in [3.8, 4) is 0 Å². The lowest BCUT2D eigenvalue weighted by atomic mass is 10.6. The number of hydrogen-bond acceptors (Lipinski definition) is 3. The van der Waals surface area contributed by atoms with Crippen molar-refractivity contribution in [3.05, 3.63) is 12.5 Å². The molecule has 0 aliphatic rings. The van der Waals surface area contributed by atoms with Crippen LogP contribution in [0.5, 0.6) is 0 Å². The Bertz CT molecular complexity index is 197. The quantitative estimate of drug-likeness (QED) is 0.652. The number of nitrogens with zero attached hydrogens (tertiary/aromatic N) is 2. The Morgan fingerprint density at radius 1 is 1.80 bits per heavy atom. The molecular weight excluding hydrogens is 146 g/mol. The summed E-state index contributed by atoms with van der Waals surface area (Å²) in [6, 6.07) is 0. The first kappa shape index (κ1) is 7.63. The van der Waals surface area contributed by atoms with Crippen molar-refractivity contribution in [1.82, 2.24) is 9.55 Å². The zero-order chi connectivity index (χ0) is 7.40. The third-order valence-corrected chi connectivity index (χ3v) is 1.84. The third kappa shape index (κ3) is 1.75. The number of rotatable bonds is 3. The maximum atomic E-state index is 5.36. The van der Waals surface area contributed by atoms with Crippen molar-refractivity contribution in [2.45, 2.75) is 11.6 Å². The lowest BCUT2D eigenvalue weighted by Crippen LogP contribution is -2.07. The molecule has 4 heteroatoms. The van der Waals surface area contributed by atoms with Gasteiger partial charge in [-0.05, 0) is 6.26 Å². The van der Waals surface area contributed by atoms with Crippen LogP contribution < -0.4 is 5.73 Å². The van der Waals surface area contributed by atoms with E-state index in [1.54, 1.807) is 18.1 Å². The molecule has 1 aromatic heterocycles. The molecule has 56 valence electrons. The number of thioether (sulfide) groups is 1. The highest BCUT2D eigenvalue weighted by Gasteiger charge is 1.93. The monoisotopic (exact) mass is 157 g/mol. The van der Waals surface area contributed by atoms with Crippen LogP contribution in [-0.2, 0) is 6.54 Å². The molecule has 2 N–H and O–H groups in total. The van der Waals surface area contributed by atoms with Crippen molar-refractivity contribution >= 4 is 11.8 Å². The van der Waals surface area contributed by atoms with Gasteiger partial charge in [-0.3, -0.25) is 0 Å². The SMILES string of the molecule is CSc1cn(CCN)cn1. The average Bonchev–Trinajstić information content (AvgIpc) is 2.37. The molecule has 0 amide bonds. The molecule has 0 aromatic carbocycles. The molecule has 1 heterocycles. The summed E-state index contributed by atoms with van der Waals surface area (Å²) < 4.78 is 1.99. The highest BCUT2D eigenvalue weighted by molar-refractivity contribution is 7.98. The summed E-state index contributed by atoms with van der Waals surface area (Å²) in [5.74, 6) is 0. The van der Waals surface area contributed by atoms with E-state index in [9.17, 15) is 0 Å². The Labute approximate surface area is 64.6 Å². The van der Waals surface area contributed by atoms with Gasteiger partial charge >= 0.3 is 0 Å². The standard InChI is InChI=1S/C6H11N3S/c1-10-6-4-9(3-2-7)5-8-6/h4-5H,2-3,7H2,1H3. The second-order valence-electron chi connectivity index (χ2n) is 1.94. The first-order valence-corrected chi connectivity index (χ1v) is 4.35. The molecule has 1 aromatic rings. The summed E-state index contributed by atoms with van der Waals surface area (Å²) in [5, 5.41) is 1.05. The molecule has 0 spiro atoms. The fourth-order valence-corrected chi connectivity index (χ4v) is 1.11. The van der Waals surface area contributed by atoms with Crippen molar-refractivity contribution < 1.29 is 0 Å². The molecule has 0 atom stereocenters. The van der Waals surface area contributed by atoms with Gasteiger partial charge in [-0.2, -0.15) is 0 Å². The van der Waals surface area contributed by atoms with E-state index in [1.165, 1.54) is 0 Å². The molecule has 0 saturated heterocycles. The highest BCUT2D eigenvalue weighted by Crippen LogP contribution is 2.09. The van der Waals surface area contributed by atoms with Crippen molar-refractivity contribution in [2.75, 3.05) is 12.8 Å². The molecule has 3 nitrogen and oxygen atoms in total. The summed E-state index contributed by atoms with van der Waals surface area (Å²) in [5.41, 5.74) is 5.36. The zero-order valence-corrected chi connectivity index (χ0v) is 6.77. The van der Waals surface area contributed by atoms with Crippen LogP contribution in [0, 0.1) is 0 Å². The molecular formula is C6H11N3S. The normalized spacial score (nSPS) is 10.2. The van der Waals surface area contributed by atoms with Gasteiger partial charge in [-0.15, -0.1) is 11.8 Å². The Morgan fingerprint density at radius 2 is 2.60 bits per heavy atom. The fraction of sp³-hybridized carbons (Fsp3) is 0.500. The van der Waals surface area contributed by atoms with Gasteiger partial charge < -0.3 is 10.3 Å². The largest absolute Gasteiger partial charge is 0.335 e. The fourth-order valence-electron chi connectivity index (χ4n) is 0.716. The summed E-state index contributed by atoms with van der Waals surface area (Å²) in [7, 11) is 0. The maximum absolute atomic E-state index is 5.36. The Kier molecular flexibility index (Phi) is 2.77. The molecule has 0 aliphatic heterocycles. The molecule has 10 heavy (non-hydrogen) atoms. The smallest absolute Gasteiger partial charge is 0.114 e. The first-order chi connectivity index (χ1) is 4.86. The van der Waals surface area contributed by atoms with E-state index in [0.29, 0.717) is 6.54 Å². The van der Waals surface area contributed by atoms with Gasteiger partial charge in [0.25, 0.3) is 0 Å². The van der Waals surface area contributed by atoms with Crippen molar-refractivity contribution in [3.63, 3.8) is 0 Å². The van der Waals surface area contributed by atoms with Gasteiger partial charge in [0.05, 0.1) is 6.33 Å². The van der Waals surface area contributed by atoms with Crippen molar-refractivity contribution in [1.29, 1.82) is 0 Å². The van der Waals surface area contributed by atoms with Gasteiger partial charge in [0, 0.05) is 19.3 Å². The van der Waals surface area contributed by atoms with Gasteiger partial charge in [0.15, 0.2) is 0 Å². The number of aromatic nitrogens is 2. The van der Waals surface area contributed by atoms with Crippen LogP contribution >= 0.6 is 11.8 Å². The van der Waals surface area contributed by atoms with Gasteiger partial charge in [0.2, 0.25) is 0 Å². The number of imidazole rings is 1. The van der Waals surface area contributed by atoms with E-state index < -0.39 is 0 Å². The maximum Gasteiger partial charge on any atom is 0.114 e. The molecule has 0 radical (unpaired) electrons. The lowest BCUT2D eigenvalue weighted by Gasteiger charge is -1.94. The third-order valence-electron chi connectivity index (χ3n) is 1.21. The molecule has 0 unspecified atom stereocenters. The summed E-state index contributed by atoms with van der Waals surface area (Å²) in [6.07, 6.45) is 5.81. The second kappa shape index (κ2) is 3.63. The average molecular weight is 157 g/mol. The van der Waals surface area contributed by atoms with Crippen LogP contribution in [-0.4, -0.2) is 22.4 Å². The molecule has 0 bridgehead atoms. The van der Waals surface area contributed by atoms with E-state index in [2.05, 4.69) is 4.98 Å². The number of nitrogens with two attached hydrogens (primary N) is 1. The minimum absolute atomic E-state index is 0.671. The predicted molar refractivity (Wildman–Crippen MR) is 43.1 cm³/mol. The Morgan fingerprint density at radius 3 is 3.10 bits per heavy atom. The van der Waals surface area contributed by atoms with Crippen LogP contribution in [0.3, 0.4) is 0 Å². The first-order valence-electron chi connectivity index (χ1n) is 3.12. The number of hydrogen-bond donors (Lipinski definition) is 1. The van der Waals surface area contributed by atoms with Crippen LogP contribution in [0.4, 0.5) is 0 Å². The molecule has 0 aliphatic carbocycles. The van der Waals surface area contributed by atoms with E-state index in [0.717, 1.165) is 11.6 Å². The van der Waals surface area contributed by atoms with E-state index in [-0.39, 0.29) is 0 Å². The molecule has 0 fully saturated rings. The van der Waals surface area contributed by atoms with E-state index >= 15 is 0 Å². The van der Waals surface area contributed by atoms with Crippen LogP contribution in [0.2, 0.25) is 0 Å². The Hall–Kier alpha value is -0.480. The minimum Gasteiger partial charge on any atom is -0.335 e. The second-order valence-corrected chi connectivity index (χ2v) is 2.77. The molecule has 0 saturated carbocycles.